The van der Waals surface area contributed by atoms with Crippen molar-refractivity contribution >= 4 is 17.0 Å². The molecule has 0 radical (unpaired) electrons. The first-order valence-electron chi connectivity index (χ1n) is 6.61. The van der Waals surface area contributed by atoms with E-state index in [1.54, 1.807) is 30.3 Å². The lowest BCUT2D eigenvalue weighted by Crippen LogP contribution is -2.23. The molecular formula is C16H16FNO3S. The molecule has 2 rings (SSSR count). The topological polar surface area (TPSA) is 55.4 Å². The van der Waals surface area contributed by atoms with Gasteiger partial charge in [0.15, 0.2) is 5.75 Å². The first-order chi connectivity index (χ1) is 10.5. The molecule has 0 saturated carbocycles. The molecule has 2 aromatic carbocycles. The van der Waals surface area contributed by atoms with E-state index in [1.807, 2.05) is 6.92 Å². The standard InChI is InChI=1S/C16H16FNO3S/c1-11-3-8-15(21-22(2)20)14(9-11)16(19)18-10-12-4-6-13(17)7-5-12/h3-9H,10H2,1-2H3,(H,18,19). The van der Waals surface area contributed by atoms with Gasteiger partial charge in [0.05, 0.1) is 5.56 Å². The highest BCUT2D eigenvalue weighted by Crippen LogP contribution is 2.21. The summed E-state index contributed by atoms with van der Waals surface area (Å²) in [4.78, 5) is 12.3. The molecule has 1 amide bonds. The zero-order chi connectivity index (χ0) is 16.1. The van der Waals surface area contributed by atoms with Gasteiger partial charge in [0.25, 0.3) is 5.91 Å². The number of carbonyl (C=O) groups excluding carboxylic acids is 1. The first kappa shape index (κ1) is 16.2. The summed E-state index contributed by atoms with van der Waals surface area (Å²) in [6.07, 6.45) is 1.39. The summed E-state index contributed by atoms with van der Waals surface area (Å²) in [7, 11) is 0. The highest BCUT2D eigenvalue weighted by atomic mass is 32.2. The zero-order valence-electron chi connectivity index (χ0n) is 12.3. The maximum Gasteiger partial charge on any atom is 0.255 e. The summed E-state index contributed by atoms with van der Waals surface area (Å²) in [5.41, 5.74) is 1.99. The number of benzene rings is 2. The predicted molar refractivity (Wildman–Crippen MR) is 83.4 cm³/mol. The van der Waals surface area contributed by atoms with Crippen LogP contribution in [0.1, 0.15) is 21.5 Å². The second kappa shape index (κ2) is 7.17. The second-order valence-corrected chi connectivity index (χ2v) is 5.76. The minimum absolute atomic E-state index is 0.266. The van der Waals surface area contributed by atoms with Crippen molar-refractivity contribution in [2.24, 2.45) is 0 Å². The van der Waals surface area contributed by atoms with E-state index >= 15 is 0 Å². The molecule has 0 heterocycles. The van der Waals surface area contributed by atoms with Crippen LogP contribution < -0.4 is 9.50 Å². The maximum absolute atomic E-state index is 12.8. The fourth-order valence-corrected chi connectivity index (χ4v) is 2.30. The normalized spacial score (nSPS) is 11.8. The lowest BCUT2D eigenvalue weighted by Gasteiger charge is -2.10. The lowest BCUT2D eigenvalue weighted by molar-refractivity contribution is 0.0949. The van der Waals surface area contributed by atoms with Crippen molar-refractivity contribution < 1.29 is 17.6 Å². The van der Waals surface area contributed by atoms with Crippen molar-refractivity contribution in [2.45, 2.75) is 13.5 Å². The molecule has 1 N–H and O–H groups in total. The number of rotatable bonds is 5. The Bertz CT molecular complexity index is 701. The van der Waals surface area contributed by atoms with Gasteiger partial charge in [0.1, 0.15) is 5.82 Å². The van der Waals surface area contributed by atoms with Crippen molar-refractivity contribution in [1.82, 2.24) is 5.32 Å². The number of amides is 1. The molecule has 0 aliphatic rings. The SMILES string of the molecule is Cc1ccc(OS(C)=O)c(C(=O)NCc2ccc(F)cc2)c1. The average Bonchev–Trinajstić information content (AvgIpc) is 2.48. The van der Waals surface area contributed by atoms with Gasteiger partial charge < -0.3 is 9.50 Å². The number of aryl methyl sites for hydroxylation is 1. The van der Waals surface area contributed by atoms with Crippen LogP contribution in [0.15, 0.2) is 42.5 Å². The Kier molecular flexibility index (Phi) is 5.27. The predicted octanol–water partition coefficient (Wildman–Crippen LogP) is 2.74. The van der Waals surface area contributed by atoms with Crippen molar-refractivity contribution in [3.8, 4) is 5.75 Å². The Morgan fingerprint density at radius 1 is 1.23 bits per heavy atom. The first-order valence-corrected chi connectivity index (χ1v) is 8.09. The van der Waals surface area contributed by atoms with Crippen molar-refractivity contribution in [3.05, 3.63) is 65.0 Å². The Morgan fingerprint density at radius 3 is 2.55 bits per heavy atom. The monoisotopic (exact) mass is 321 g/mol. The van der Waals surface area contributed by atoms with Crippen LogP contribution >= 0.6 is 0 Å². The molecule has 0 aliphatic carbocycles. The minimum Gasteiger partial charge on any atom is -0.400 e. The summed E-state index contributed by atoms with van der Waals surface area (Å²) in [6.45, 7) is 2.12. The summed E-state index contributed by atoms with van der Waals surface area (Å²) < 4.78 is 29.2. The van der Waals surface area contributed by atoms with E-state index in [1.165, 1.54) is 18.4 Å². The molecule has 4 nitrogen and oxygen atoms in total. The van der Waals surface area contributed by atoms with Crippen LogP contribution in [-0.2, 0) is 17.6 Å². The number of hydrogen-bond donors (Lipinski definition) is 1. The smallest absolute Gasteiger partial charge is 0.255 e. The highest BCUT2D eigenvalue weighted by molar-refractivity contribution is 7.79. The second-order valence-electron chi connectivity index (χ2n) is 4.79. The van der Waals surface area contributed by atoms with Gasteiger partial charge in [-0.05, 0) is 36.8 Å². The van der Waals surface area contributed by atoms with E-state index in [0.29, 0.717) is 5.56 Å². The van der Waals surface area contributed by atoms with Gasteiger partial charge in [-0.15, -0.1) is 0 Å². The van der Waals surface area contributed by atoms with Crippen molar-refractivity contribution in [2.75, 3.05) is 6.26 Å². The molecule has 2 aromatic rings. The minimum atomic E-state index is -1.51. The van der Waals surface area contributed by atoms with E-state index in [2.05, 4.69) is 5.32 Å². The molecule has 1 atom stereocenters. The number of hydrogen-bond acceptors (Lipinski definition) is 3. The van der Waals surface area contributed by atoms with Gasteiger partial charge in [-0.25, -0.2) is 8.60 Å². The largest absolute Gasteiger partial charge is 0.400 e. The fraction of sp³-hybridized carbons (Fsp3) is 0.188. The van der Waals surface area contributed by atoms with E-state index in [9.17, 15) is 13.4 Å². The number of nitrogens with one attached hydrogen (secondary N) is 1. The van der Waals surface area contributed by atoms with Crippen LogP contribution in [0.3, 0.4) is 0 Å². The van der Waals surface area contributed by atoms with Gasteiger partial charge in [-0.1, -0.05) is 23.8 Å². The third kappa shape index (κ3) is 4.39. The molecule has 0 spiro atoms. The average molecular weight is 321 g/mol. The van der Waals surface area contributed by atoms with Crippen LogP contribution in [0.2, 0.25) is 0 Å². The van der Waals surface area contributed by atoms with Crippen molar-refractivity contribution in [1.29, 1.82) is 0 Å². The molecule has 0 fully saturated rings. The summed E-state index contributed by atoms with van der Waals surface area (Å²) >= 11 is -1.51. The molecule has 0 saturated heterocycles. The van der Waals surface area contributed by atoms with E-state index in [0.717, 1.165) is 11.1 Å². The van der Waals surface area contributed by atoms with Crippen LogP contribution in [0.25, 0.3) is 0 Å². The van der Waals surface area contributed by atoms with Gasteiger partial charge >= 0.3 is 0 Å². The zero-order valence-corrected chi connectivity index (χ0v) is 13.1. The van der Waals surface area contributed by atoms with Gasteiger partial charge in [-0.3, -0.25) is 4.79 Å². The Hall–Kier alpha value is -2.21. The highest BCUT2D eigenvalue weighted by Gasteiger charge is 2.14. The number of carbonyl (C=O) groups is 1. The molecule has 22 heavy (non-hydrogen) atoms. The summed E-state index contributed by atoms with van der Waals surface area (Å²) in [5.74, 6) is -0.397. The van der Waals surface area contributed by atoms with Gasteiger partial charge in [0, 0.05) is 12.8 Å². The van der Waals surface area contributed by atoms with Crippen LogP contribution in [0.4, 0.5) is 4.39 Å². The van der Waals surface area contributed by atoms with E-state index in [-0.39, 0.29) is 24.0 Å². The summed E-state index contributed by atoms with van der Waals surface area (Å²) in [5, 5.41) is 2.74. The third-order valence-electron chi connectivity index (χ3n) is 2.95. The summed E-state index contributed by atoms with van der Waals surface area (Å²) in [6, 6.07) is 10.9. The Morgan fingerprint density at radius 2 is 1.91 bits per heavy atom. The van der Waals surface area contributed by atoms with Crippen LogP contribution in [0.5, 0.6) is 5.75 Å². The molecule has 0 aliphatic heterocycles. The Balaban J connectivity index is 2.12. The maximum atomic E-state index is 12.8. The van der Waals surface area contributed by atoms with Crippen LogP contribution in [0, 0.1) is 12.7 Å². The molecule has 116 valence electrons. The number of halogens is 1. The van der Waals surface area contributed by atoms with E-state index < -0.39 is 11.1 Å². The fourth-order valence-electron chi connectivity index (χ4n) is 1.90. The lowest BCUT2D eigenvalue weighted by atomic mass is 10.1. The molecule has 0 bridgehead atoms. The van der Waals surface area contributed by atoms with Gasteiger partial charge in [-0.2, -0.15) is 0 Å². The van der Waals surface area contributed by atoms with E-state index in [4.69, 9.17) is 4.18 Å². The molecule has 0 aromatic heterocycles. The third-order valence-corrected chi connectivity index (χ3v) is 3.37. The molecule has 6 heteroatoms. The quantitative estimate of drug-likeness (QED) is 0.921. The Labute approximate surface area is 131 Å². The molecule has 1 unspecified atom stereocenters. The van der Waals surface area contributed by atoms with Gasteiger partial charge in [0.2, 0.25) is 11.1 Å². The molecular weight excluding hydrogens is 305 g/mol. The van der Waals surface area contributed by atoms with Crippen LogP contribution in [-0.4, -0.2) is 16.4 Å². The van der Waals surface area contributed by atoms with Crippen molar-refractivity contribution in [3.63, 3.8) is 0 Å².